The molecular weight excluding hydrogens is 1490 g/mol. The second kappa shape index (κ2) is 33.0. The van der Waals surface area contributed by atoms with Gasteiger partial charge in [-0.05, 0) is 262 Å². The number of Topliss-reactive ketones (excluding diaryl/α,β-unsaturated/α-hetero) is 6. The quantitative estimate of drug-likeness (QED) is 0.0703. The van der Waals surface area contributed by atoms with Crippen molar-refractivity contribution in [3.8, 4) is 57.5 Å². The molecule has 5 aliphatic heterocycles. The Morgan fingerprint density at radius 2 is 0.938 bits per heavy atom. The van der Waals surface area contributed by atoms with E-state index >= 15 is 0 Å². The number of ketones is 6. The van der Waals surface area contributed by atoms with E-state index in [0.717, 1.165) is 129 Å². The molecule has 0 spiro atoms. The van der Waals surface area contributed by atoms with Crippen LogP contribution in [-0.4, -0.2) is 102 Å². The predicted octanol–water partition coefficient (Wildman–Crippen LogP) is 16.7. The average Bonchev–Trinajstić information content (AvgIpc) is 0.738. The topological polar surface area (TPSA) is 359 Å². The third kappa shape index (κ3) is 17.5. The van der Waals surface area contributed by atoms with Crippen LogP contribution in [0.3, 0.4) is 0 Å². The number of rotatable bonds is 5. The van der Waals surface area contributed by atoms with Gasteiger partial charge in [-0.3, -0.25) is 28.8 Å². The summed E-state index contributed by atoms with van der Waals surface area (Å²) in [7, 11) is -3.49. The first-order chi connectivity index (χ1) is 52.3. The van der Waals surface area contributed by atoms with Gasteiger partial charge in [0.15, 0.2) is 5.78 Å². The molecule has 3 fully saturated rings. The Morgan fingerprint density at radius 3 is 1.46 bits per heavy atom. The van der Waals surface area contributed by atoms with Crippen molar-refractivity contribution in [1.82, 2.24) is 0 Å². The molecule has 22 nitrogen and oxygen atoms in total. The van der Waals surface area contributed by atoms with Crippen LogP contribution in [-0.2, 0) is 43.5 Å². The lowest BCUT2D eigenvalue weighted by molar-refractivity contribution is -0.143. The maximum absolute atomic E-state index is 12.6. The van der Waals surface area contributed by atoms with E-state index in [2.05, 4.69) is 49.6 Å². The molecule has 5 heterocycles. The molecule has 112 heavy (non-hydrogen) atoms. The number of ether oxygens (including phenoxy) is 5. The van der Waals surface area contributed by atoms with E-state index in [9.17, 15) is 60.9 Å². The second-order valence-corrected chi connectivity index (χ2v) is 35.9. The lowest BCUT2D eigenvalue weighted by atomic mass is 9.56. The number of phenolic OH excluding ortho intramolecular Hbond substituents is 4. The van der Waals surface area contributed by atoms with Crippen LogP contribution < -0.4 is 38.1 Å². The summed E-state index contributed by atoms with van der Waals surface area (Å²) in [6.45, 7) is 18.1. The van der Waals surface area contributed by atoms with Crippen LogP contribution in [0.4, 0.5) is 0 Å². The fourth-order valence-corrected chi connectivity index (χ4v) is 19.6. The monoisotopic (exact) mass is 1600 g/mol. The number of hydrogen-bond acceptors (Lipinski definition) is 20. The van der Waals surface area contributed by atoms with Gasteiger partial charge in [0.25, 0.3) is 9.24 Å². The van der Waals surface area contributed by atoms with Crippen LogP contribution in [0.1, 0.15) is 243 Å². The highest BCUT2D eigenvalue weighted by molar-refractivity contribution is 8.11. The van der Waals surface area contributed by atoms with Gasteiger partial charge in [0.05, 0.1) is 22.5 Å². The number of carbonyl (C=O) groups excluding carboxylic acids is 6. The Labute approximate surface area is 661 Å². The van der Waals surface area contributed by atoms with Gasteiger partial charge >= 0.3 is 10.3 Å². The molecule has 0 bridgehead atoms. The summed E-state index contributed by atoms with van der Waals surface area (Å²) in [5.41, 5.74) is 11.9. The number of fused-ring (bicyclic) bond motifs is 14. The number of allylic oxidation sites excluding steroid dienone is 4. The van der Waals surface area contributed by atoms with E-state index in [1.54, 1.807) is 54.6 Å². The first kappa shape index (κ1) is 84.1. The van der Waals surface area contributed by atoms with Crippen LogP contribution in [0.15, 0.2) is 119 Å². The minimum absolute atomic E-state index is 0. The third-order valence-electron chi connectivity index (χ3n) is 25.0. The summed E-state index contributed by atoms with van der Waals surface area (Å²) in [4.78, 5) is 73.6. The Balaban J connectivity index is 0.000000138. The molecule has 6 unspecified atom stereocenters. The first-order valence-corrected chi connectivity index (χ1v) is 42.5. The molecule has 5 aromatic rings. The molecular formula is C87H105ClN2O20S2. The zero-order chi connectivity index (χ0) is 80.2. The van der Waals surface area contributed by atoms with Gasteiger partial charge in [0, 0.05) is 107 Å². The highest BCUT2D eigenvalue weighted by atomic mass is 35.7. The smallest absolute Gasteiger partial charge is 0.380 e. The van der Waals surface area contributed by atoms with E-state index < -0.39 is 25.0 Å². The van der Waals surface area contributed by atoms with Gasteiger partial charge in [-0.25, -0.2) is 5.14 Å². The highest BCUT2D eigenvalue weighted by Crippen LogP contribution is 2.60. The van der Waals surface area contributed by atoms with Gasteiger partial charge < -0.3 is 48.3 Å². The third-order valence-corrected chi connectivity index (χ3v) is 25.4. The molecule has 17 rings (SSSR count). The SMILES string of the molecule is C.CC1CC(=O)c2ccc(O)cc2O1.CC1CC(CCC2(C)C(=O)CCCC2=O)c2ccc(O)cc2O1.CC1Oc2cc(O)ccc2C2=C1C1=CCCC(=O)[C@@]1(C)CC2.CC1Oc2cc(O)ccc2C2=C1[C@@H]1CCCC(=O)[C@@]1(C)CC2.CC1Oc2cc(OS(N)(=O)=O)ccc2C2=C1[C@@H]1CCCC(=O)[C@@]1(C)CC2.NS(=O)(=O)Cl. The molecule has 5 aromatic carbocycles. The molecule has 8 N–H and O–H groups in total. The van der Waals surface area contributed by atoms with E-state index in [-0.39, 0.29) is 112 Å². The number of aromatic hydroxyl groups is 4. The zero-order valence-corrected chi connectivity index (χ0v) is 66.8. The van der Waals surface area contributed by atoms with Gasteiger partial charge in [0.1, 0.15) is 111 Å². The van der Waals surface area contributed by atoms with Gasteiger partial charge in [0.2, 0.25) is 0 Å². The van der Waals surface area contributed by atoms with Crippen molar-refractivity contribution in [1.29, 1.82) is 0 Å². The number of halogens is 1. The molecule has 0 amide bonds. The van der Waals surface area contributed by atoms with Crippen molar-refractivity contribution in [2.75, 3.05) is 0 Å². The highest BCUT2D eigenvalue weighted by Gasteiger charge is 2.53. The molecule has 602 valence electrons. The molecule has 3 saturated carbocycles. The van der Waals surface area contributed by atoms with Crippen molar-refractivity contribution in [3.63, 3.8) is 0 Å². The largest absolute Gasteiger partial charge is 0.508 e. The van der Waals surface area contributed by atoms with Crippen molar-refractivity contribution in [2.45, 2.75) is 241 Å². The van der Waals surface area contributed by atoms with Crippen molar-refractivity contribution >= 4 is 81.6 Å². The van der Waals surface area contributed by atoms with Crippen molar-refractivity contribution < 1.29 is 93.9 Å². The number of phenols is 4. The van der Waals surface area contributed by atoms with Crippen LogP contribution in [0.2, 0.25) is 0 Å². The number of benzene rings is 5. The van der Waals surface area contributed by atoms with Crippen molar-refractivity contribution in [3.05, 3.63) is 147 Å². The lowest BCUT2D eigenvalue weighted by Crippen LogP contribution is -2.46. The number of hydrogen-bond donors (Lipinski definition) is 6. The van der Waals surface area contributed by atoms with Crippen molar-refractivity contribution in [2.24, 2.45) is 43.8 Å². The van der Waals surface area contributed by atoms with E-state index in [4.69, 9.17) is 38.1 Å². The normalized spacial score (nSPS) is 28.0. The maximum atomic E-state index is 12.6. The Bertz CT molecular complexity index is 4940. The first-order valence-electron chi connectivity index (χ1n) is 38.6. The van der Waals surface area contributed by atoms with Crippen LogP contribution in [0.25, 0.3) is 16.7 Å². The Morgan fingerprint density at radius 1 is 0.500 bits per heavy atom. The number of carbonyl (C=O) groups is 6. The summed E-state index contributed by atoms with van der Waals surface area (Å²) in [5.74, 6) is 6.48. The van der Waals surface area contributed by atoms with E-state index in [1.165, 1.54) is 51.1 Å². The molecule has 7 aliphatic carbocycles. The fraction of sp³-hybridized carbons (Fsp3) is 0.494. The maximum Gasteiger partial charge on any atom is 0.380 e. The summed E-state index contributed by atoms with van der Waals surface area (Å²) in [6, 6.07) is 25.5. The fourth-order valence-electron chi connectivity index (χ4n) is 19.2. The van der Waals surface area contributed by atoms with Crippen LogP contribution in [0, 0.1) is 33.5 Å². The van der Waals surface area contributed by atoms with E-state index in [0.29, 0.717) is 85.3 Å². The predicted molar refractivity (Wildman–Crippen MR) is 426 cm³/mol. The standard InChI is InChI=1S/C19H23NO5S.C19H24O4.C19H22O3.C19H20O3.C10H10O3.CH4.ClH2NO2S/c1-11-18-14(8-9-19(2)15(18)4-3-5-17(19)21)13-7-6-12(10-16(13)24-11)25-26(20,22)23;1-12-10-13(15-7-6-14(20)11-16(15)23-12)8-9-19(2)17(21)4-3-5-18(19)22;2*1-11-18-14(13-7-6-12(20)10-16(13)22-11)8-9-19(2)15(18)4-3-5-17(19)21;1-6-4-9(12)8-3-2-7(11)5-10(8)13-6;;1-5(2,3)4/h6-7,10-11,15H,3-5,8-9H2,1-2H3,(H2,20,22,23);6-7,11-13,20H,3-5,8-10H2,1-2H3;6-7,10-11,15,20H,3-5,8-9H2,1-2H3;4,6-7,10-11,20H,3,5,8-9H2,1-2H3;2-3,5-6,11H,4H2,1H3;1H4;(H2,2,3,4)/t11?,15-,19-;;11?,15-,19-;11?,19-;;;/m0.00.../s1. The van der Waals surface area contributed by atoms with Gasteiger partial charge in [-0.15, -0.1) is 0 Å². The molecule has 0 radical (unpaired) electrons. The molecule has 12 aliphatic rings. The minimum atomic E-state index is -4.08. The van der Waals surface area contributed by atoms with Gasteiger partial charge in [-0.2, -0.15) is 22.0 Å². The average molecular weight is 1600 g/mol. The summed E-state index contributed by atoms with van der Waals surface area (Å²) in [6.07, 6.45) is 18.6. The van der Waals surface area contributed by atoms with Crippen LogP contribution in [0.5, 0.6) is 57.5 Å². The zero-order valence-electron chi connectivity index (χ0n) is 64.4. The molecule has 25 heteroatoms. The lowest BCUT2D eigenvalue weighted by Gasteiger charge is -2.48. The molecule has 0 saturated heterocycles. The summed E-state index contributed by atoms with van der Waals surface area (Å²) < 4.78 is 74.9. The Kier molecular flexibility index (Phi) is 24.7. The Hall–Kier alpha value is -8.81. The molecule has 11 atom stereocenters. The minimum Gasteiger partial charge on any atom is -0.508 e. The summed E-state index contributed by atoms with van der Waals surface area (Å²) >= 11 is 0. The van der Waals surface area contributed by atoms with Gasteiger partial charge in [-0.1, -0.05) is 33.4 Å². The van der Waals surface area contributed by atoms with E-state index in [1.807, 2.05) is 58.9 Å². The molecule has 0 aromatic heterocycles. The van der Waals surface area contributed by atoms with Crippen LogP contribution >= 0.6 is 10.7 Å². The second-order valence-electron chi connectivity index (χ2n) is 32.5. The number of nitrogens with two attached hydrogens (primary N) is 2. The summed E-state index contributed by atoms with van der Waals surface area (Å²) in [5, 5.41) is 47.2.